The monoisotopic (exact) mass is 224 g/mol. The lowest BCUT2D eigenvalue weighted by atomic mass is 10.1. The Bertz CT molecular complexity index is 258. The SMILES string of the molecule is CCCC(=O)OC/C=C(\C)CCC=C(C)C. The van der Waals surface area contributed by atoms with E-state index in [9.17, 15) is 4.79 Å². The van der Waals surface area contributed by atoms with Gasteiger partial charge in [0.05, 0.1) is 0 Å². The zero-order chi connectivity index (χ0) is 12.4. The van der Waals surface area contributed by atoms with Gasteiger partial charge in [-0.3, -0.25) is 4.79 Å². The molecule has 0 spiro atoms. The molecule has 0 N–H and O–H groups in total. The Morgan fingerprint density at radius 3 is 2.38 bits per heavy atom. The van der Waals surface area contributed by atoms with Gasteiger partial charge in [0.1, 0.15) is 6.61 Å². The van der Waals surface area contributed by atoms with Crippen molar-refractivity contribution in [3.63, 3.8) is 0 Å². The lowest BCUT2D eigenvalue weighted by molar-refractivity contribution is -0.142. The molecule has 0 atom stereocenters. The van der Waals surface area contributed by atoms with E-state index in [0.29, 0.717) is 13.0 Å². The average molecular weight is 224 g/mol. The van der Waals surface area contributed by atoms with Crippen LogP contribution in [0.2, 0.25) is 0 Å². The molecular weight excluding hydrogens is 200 g/mol. The third-order valence-electron chi connectivity index (χ3n) is 2.22. The Morgan fingerprint density at radius 2 is 1.81 bits per heavy atom. The van der Waals surface area contributed by atoms with Crippen molar-refractivity contribution in [1.29, 1.82) is 0 Å². The largest absolute Gasteiger partial charge is 0.461 e. The summed E-state index contributed by atoms with van der Waals surface area (Å²) in [5.74, 6) is -0.101. The van der Waals surface area contributed by atoms with Gasteiger partial charge in [0.2, 0.25) is 0 Å². The maximum absolute atomic E-state index is 11.1. The molecule has 0 aliphatic rings. The molecule has 0 fully saturated rings. The van der Waals surface area contributed by atoms with Crippen molar-refractivity contribution in [2.24, 2.45) is 0 Å². The molecule has 0 saturated heterocycles. The van der Waals surface area contributed by atoms with Crippen LogP contribution >= 0.6 is 0 Å². The summed E-state index contributed by atoms with van der Waals surface area (Å²) in [6.45, 7) is 8.67. The molecule has 0 bridgehead atoms. The first-order valence-corrected chi connectivity index (χ1v) is 6.00. The summed E-state index contributed by atoms with van der Waals surface area (Å²) in [5, 5.41) is 0. The van der Waals surface area contributed by atoms with Crippen molar-refractivity contribution < 1.29 is 9.53 Å². The second-order valence-corrected chi connectivity index (χ2v) is 4.30. The Balaban J connectivity index is 3.70. The zero-order valence-electron chi connectivity index (χ0n) is 11.0. The number of hydrogen-bond donors (Lipinski definition) is 0. The van der Waals surface area contributed by atoms with Crippen molar-refractivity contribution in [3.05, 3.63) is 23.3 Å². The van der Waals surface area contributed by atoms with E-state index in [1.165, 1.54) is 11.1 Å². The number of ether oxygens (including phenoxy) is 1. The molecular formula is C14H24O2. The van der Waals surface area contributed by atoms with Crippen molar-refractivity contribution >= 4 is 5.97 Å². The first-order valence-electron chi connectivity index (χ1n) is 6.00. The van der Waals surface area contributed by atoms with E-state index >= 15 is 0 Å². The van der Waals surface area contributed by atoms with E-state index in [2.05, 4.69) is 26.8 Å². The van der Waals surface area contributed by atoms with E-state index in [1.54, 1.807) is 0 Å². The zero-order valence-corrected chi connectivity index (χ0v) is 11.0. The van der Waals surface area contributed by atoms with Crippen LogP contribution in [0.4, 0.5) is 0 Å². The van der Waals surface area contributed by atoms with Crippen LogP contribution in [0, 0.1) is 0 Å². The molecule has 2 nitrogen and oxygen atoms in total. The fourth-order valence-corrected chi connectivity index (χ4v) is 1.24. The highest BCUT2D eigenvalue weighted by Gasteiger charge is 1.98. The lowest BCUT2D eigenvalue weighted by Crippen LogP contribution is -2.03. The molecule has 92 valence electrons. The van der Waals surface area contributed by atoms with E-state index < -0.39 is 0 Å². The van der Waals surface area contributed by atoms with Crippen LogP contribution in [-0.2, 0) is 9.53 Å². The number of allylic oxidation sites excluding steroid dienone is 3. The van der Waals surface area contributed by atoms with Gasteiger partial charge in [0, 0.05) is 6.42 Å². The molecule has 0 saturated carbocycles. The van der Waals surface area contributed by atoms with Crippen LogP contribution < -0.4 is 0 Å². The molecule has 0 aromatic heterocycles. The van der Waals surface area contributed by atoms with Crippen LogP contribution in [0.5, 0.6) is 0 Å². The van der Waals surface area contributed by atoms with Gasteiger partial charge < -0.3 is 4.74 Å². The number of carbonyl (C=O) groups excluding carboxylic acids is 1. The minimum Gasteiger partial charge on any atom is -0.461 e. The first-order chi connectivity index (χ1) is 7.56. The molecule has 0 heterocycles. The van der Waals surface area contributed by atoms with Gasteiger partial charge in [-0.1, -0.05) is 24.1 Å². The van der Waals surface area contributed by atoms with E-state index in [-0.39, 0.29) is 5.97 Å². The molecule has 0 aromatic rings. The maximum Gasteiger partial charge on any atom is 0.306 e. The minimum atomic E-state index is -0.101. The Labute approximate surface area is 99.4 Å². The van der Waals surface area contributed by atoms with E-state index in [4.69, 9.17) is 4.74 Å². The van der Waals surface area contributed by atoms with Gasteiger partial charge >= 0.3 is 5.97 Å². The highest BCUT2D eigenvalue weighted by Crippen LogP contribution is 2.06. The summed E-state index contributed by atoms with van der Waals surface area (Å²) >= 11 is 0. The fourth-order valence-electron chi connectivity index (χ4n) is 1.24. The predicted octanol–water partition coefficient (Wildman–Crippen LogP) is 4.02. The lowest BCUT2D eigenvalue weighted by Gasteiger charge is -2.02. The highest BCUT2D eigenvalue weighted by atomic mass is 16.5. The minimum absolute atomic E-state index is 0.101. The second-order valence-electron chi connectivity index (χ2n) is 4.30. The third kappa shape index (κ3) is 9.50. The summed E-state index contributed by atoms with van der Waals surface area (Å²) in [5.41, 5.74) is 2.63. The summed E-state index contributed by atoms with van der Waals surface area (Å²) < 4.78 is 5.05. The van der Waals surface area contributed by atoms with Crippen molar-refractivity contribution in [1.82, 2.24) is 0 Å². The number of hydrogen-bond acceptors (Lipinski definition) is 2. The summed E-state index contributed by atoms with van der Waals surface area (Å²) in [4.78, 5) is 11.1. The molecule has 16 heavy (non-hydrogen) atoms. The summed E-state index contributed by atoms with van der Waals surface area (Å²) in [7, 11) is 0. The van der Waals surface area contributed by atoms with Crippen LogP contribution in [0.3, 0.4) is 0 Å². The quantitative estimate of drug-likeness (QED) is 0.482. The highest BCUT2D eigenvalue weighted by molar-refractivity contribution is 5.69. The normalized spacial score (nSPS) is 11.1. The molecule has 0 unspecified atom stereocenters. The molecule has 0 aliphatic heterocycles. The predicted molar refractivity (Wildman–Crippen MR) is 68.3 cm³/mol. The summed E-state index contributed by atoms with van der Waals surface area (Å²) in [6, 6.07) is 0. The smallest absolute Gasteiger partial charge is 0.306 e. The van der Waals surface area contributed by atoms with Crippen LogP contribution in [0.25, 0.3) is 0 Å². The average Bonchev–Trinajstić information content (AvgIpc) is 2.17. The molecule has 0 amide bonds. The molecule has 0 radical (unpaired) electrons. The molecule has 2 heteroatoms. The van der Waals surface area contributed by atoms with Crippen LogP contribution in [0.1, 0.15) is 53.4 Å². The fraction of sp³-hybridized carbons (Fsp3) is 0.643. The van der Waals surface area contributed by atoms with Crippen LogP contribution in [-0.4, -0.2) is 12.6 Å². The standard InChI is InChI=1S/C14H24O2/c1-5-7-14(15)16-11-10-13(4)9-6-8-12(2)3/h8,10H,5-7,9,11H2,1-4H3/b13-10+. The number of rotatable bonds is 7. The van der Waals surface area contributed by atoms with Gasteiger partial charge in [-0.2, -0.15) is 0 Å². The van der Waals surface area contributed by atoms with E-state index in [0.717, 1.165) is 19.3 Å². The van der Waals surface area contributed by atoms with Gasteiger partial charge in [-0.15, -0.1) is 0 Å². The third-order valence-corrected chi connectivity index (χ3v) is 2.22. The van der Waals surface area contributed by atoms with E-state index in [1.807, 2.05) is 13.0 Å². The Morgan fingerprint density at radius 1 is 1.12 bits per heavy atom. The van der Waals surface area contributed by atoms with Gasteiger partial charge in [-0.05, 0) is 46.1 Å². The first kappa shape index (κ1) is 14.9. The topological polar surface area (TPSA) is 26.3 Å². The molecule has 0 rings (SSSR count). The number of carbonyl (C=O) groups is 1. The second kappa shape index (κ2) is 9.20. The van der Waals surface area contributed by atoms with Crippen molar-refractivity contribution in [2.45, 2.75) is 53.4 Å². The molecule has 0 aromatic carbocycles. The molecule has 0 aliphatic carbocycles. The van der Waals surface area contributed by atoms with Crippen molar-refractivity contribution in [3.8, 4) is 0 Å². The Hall–Kier alpha value is -1.05. The van der Waals surface area contributed by atoms with Gasteiger partial charge in [0.15, 0.2) is 0 Å². The summed E-state index contributed by atoms with van der Waals surface area (Å²) in [6.07, 6.45) is 7.68. The maximum atomic E-state index is 11.1. The number of esters is 1. The van der Waals surface area contributed by atoms with Gasteiger partial charge in [0.25, 0.3) is 0 Å². The van der Waals surface area contributed by atoms with Crippen LogP contribution in [0.15, 0.2) is 23.3 Å². The Kier molecular flexibility index (Phi) is 8.59. The van der Waals surface area contributed by atoms with Gasteiger partial charge in [-0.25, -0.2) is 0 Å². The van der Waals surface area contributed by atoms with Crippen molar-refractivity contribution in [2.75, 3.05) is 6.61 Å².